The van der Waals surface area contributed by atoms with E-state index in [0.717, 1.165) is 0 Å². The number of methoxy groups -OCH3 is 2. The summed E-state index contributed by atoms with van der Waals surface area (Å²) in [6.45, 7) is -0.0145. The van der Waals surface area contributed by atoms with E-state index in [2.05, 4.69) is 9.97 Å². The summed E-state index contributed by atoms with van der Waals surface area (Å²) in [6, 6.07) is 9.65. The maximum Gasteiger partial charge on any atom is 0.338 e. The van der Waals surface area contributed by atoms with Gasteiger partial charge >= 0.3 is 17.1 Å². The van der Waals surface area contributed by atoms with Crippen molar-refractivity contribution in [2.75, 3.05) is 14.2 Å². The van der Waals surface area contributed by atoms with Crippen LogP contribution in [0.15, 0.2) is 46.0 Å². The third-order valence-electron chi connectivity index (χ3n) is 3.80. The van der Waals surface area contributed by atoms with E-state index in [0.29, 0.717) is 28.1 Å². The summed E-state index contributed by atoms with van der Waals surface area (Å²) < 4.78 is 15.7. The number of benzene rings is 2. The Morgan fingerprint density at radius 2 is 1.65 bits per heavy atom. The zero-order chi connectivity index (χ0) is 18.7. The van der Waals surface area contributed by atoms with E-state index >= 15 is 0 Å². The second-order valence-electron chi connectivity index (χ2n) is 5.42. The molecule has 1 aromatic heterocycles. The molecule has 8 nitrogen and oxygen atoms in total. The number of fused-ring (bicyclic) bond motifs is 1. The van der Waals surface area contributed by atoms with Crippen LogP contribution in [0.3, 0.4) is 0 Å². The number of hydrogen-bond acceptors (Lipinski definition) is 6. The molecule has 0 bridgehead atoms. The van der Waals surface area contributed by atoms with Crippen LogP contribution in [0.1, 0.15) is 15.9 Å². The number of rotatable bonds is 5. The van der Waals surface area contributed by atoms with Gasteiger partial charge in [0, 0.05) is 5.56 Å². The summed E-state index contributed by atoms with van der Waals surface area (Å²) >= 11 is 0. The quantitative estimate of drug-likeness (QED) is 0.531. The van der Waals surface area contributed by atoms with Crippen molar-refractivity contribution in [1.82, 2.24) is 9.97 Å². The SMILES string of the molecule is COc1ccc(OC)c(COC(=O)c2ccc3[nH]c(=O)c(=O)[nH]c3c2)c1. The molecule has 3 rings (SSSR count). The maximum absolute atomic E-state index is 12.3. The Kier molecular flexibility index (Phi) is 4.74. The summed E-state index contributed by atoms with van der Waals surface area (Å²) in [6.07, 6.45) is 0. The van der Waals surface area contributed by atoms with Crippen molar-refractivity contribution in [3.63, 3.8) is 0 Å². The standard InChI is InChI=1S/C18H16N2O6/c1-24-12-4-6-15(25-2)11(7-12)9-26-18(23)10-3-5-13-14(8-10)20-17(22)16(21)19-13/h3-8H,9H2,1-2H3,(H,19,21)(H,20,22). The minimum atomic E-state index is -0.788. The molecular formula is C18H16N2O6. The average molecular weight is 356 g/mol. The van der Waals surface area contributed by atoms with Gasteiger partial charge in [-0.05, 0) is 36.4 Å². The molecule has 134 valence electrons. The number of aromatic amines is 2. The Bertz CT molecular complexity index is 1080. The van der Waals surface area contributed by atoms with Crippen molar-refractivity contribution in [2.24, 2.45) is 0 Å². The van der Waals surface area contributed by atoms with E-state index in [-0.39, 0.29) is 12.2 Å². The van der Waals surface area contributed by atoms with E-state index in [9.17, 15) is 14.4 Å². The summed E-state index contributed by atoms with van der Waals surface area (Å²) in [4.78, 5) is 39.9. The Morgan fingerprint density at radius 1 is 0.923 bits per heavy atom. The molecule has 0 radical (unpaired) electrons. The molecule has 0 aliphatic heterocycles. The number of nitrogens with one attached hydrogen (secondary N) is 2. The van der Waals surface area contributed by atoms with Gasteiger partial charge in [-0.2, -0.15) is 0 Å². The third-order valence-corrected chi connectivity index (χ3v) is 3.80. The van der Waals surface area contributed by atoms with Crippen LogP contribution < -0.4 is 20.6 Å². The van der Waals surface area contributed by atoms with Crippen LogP contribution in [0.2, 0.25) is 0 Å². The zero-order valence-electron chi connectivity index (χ0n) is 14.1. The second kappa shape index (κ2) is 7.14. The average Bonchev–Trinajstić information content (AvgIpc) is 2.66. The van der Waals surface area contributed by atoms with Crippen LogP contribution in [-0.4, -0.2) is 30.2 Å². The lowest BCUT2D eigenvalue weighted by molar-refractivity contribution is 0.0470. The Hall–Kier alpha value is -3.55. The van der Waals surface area contributed by atoms with Gasteiger partial charge in [0.1, 0.15) is 18.1 Å². The molecular weight excluding hydrogens is 340 g/mol. The van der Waals surface area contributed by atoms with E-state index in [1.54, 1.807) is 18.2 Å². The van der Waals surface area contributed by atoms with Crippen molar-refractivity contribution >= 4 is 17.0 Å². The van der Waals surface area contributed by atoms with Crippen LogP contribution in [0.25, 0.3) is 11.0 Å². The fourth-order valence-electron chi connectivity index (χ4n) is 2.46. The third kappa shape index (κ3) is 3.44. The van der Waals surface area contributed by atoms with Gasteiger partial charge in [-0.15, -0.1) is 0 Å². The summed E-state index contributed by atoms with van der Waals surface area (Å²) in [5.74, 6) is 0.604. The van der Waals surface area contributed by atoms with Gasteiger partial charge in [0.05, 0.1) is 30.8 Å². The highest BCUT2D eigenvalue weighted by atomic mass is 16.5. The van der Waals surface area contributed by atoms with Gasteiger partial charge in [0.2, 0.25) is 0 Å². The Balaban J connectivity index is 1.82. The Morgan fingerprint density at radius 3 is 2.35 bits per heavy atom. The van der Waals surface area contributed by atoms with Gasteiger partial charge < -0.3 is 24.2 Å². The lowest BCUT2D eigenvalue weighted by Gasteiger charge is -2.11. The first-order chi connectivity index (χ1) is 12.5. The molecule has 1 heterocycles. The van der Waals surface area contributed by atoms with Crippen LogP contribution in [0, 0.1) is 0 Å². The topological polar surface area (TPSA) is 110 Å². The van der Waals surface area contributed by atoms with Gasteiger partial charge in [-0.25, -0.2) is 4.79 Å². The molecule has 0 aliphatic carbocycles. The van der Waals surface area contributed by atoms with Crippen molar-refractivity contribution in [1.29, 1.82) is 0 Å². The molecule has 2 N–H and O–H groups in total. The normalized spacial score (nSPS) is 10.5. The van der Waals surface area contributed by atoms with Gasteiger partial charge in [-0.1, -0.05) is 0 Å². The molecule has 0 aliphatic rings. The molecule has 26 heavy (non-hydrogen) atoms. The number of ether oxygens (including phenoxy) is 3. The lowest BCUT2D eigenvalue weighted by Crippen LogP contribution is -2.28. The molecule has 0 spiro atoms. The molecule has 3 aromatic rings. The molecule has 0 fully saturated rings. The minimum Gasteiger partial charge on any atom is -0.497 e. The second-order valence-corrected chi connectivity index (χ2v) is 5.42. The summed E-state index contributed by atoms with van der Waals surface area (Å²) in [7, 11) is 3.06. The van der Waals surface area contributed by atoms with Crippen molar-refractivity contribution in [3.8, 4) is 11.5 Å². The molecule has 0 atom stereocenters. The van der Waals surface area contributed by atoms with Crippen molar-refractivity contribution in [3.05, 3.63) is 68.2 Å². The first-order valence-corrected chi connectivity index (χ1v) is 7.66. The number of carbonyl (C=O) groups excluding carboxylic acids is 1. The van der Waals surface area contributed by atoms with Crippen LogP contribution in [0.4, 0.5) is 0 Å². The summed E-state index contributed by atoms with van der Waals surface area (Å²) in [5, 5.41) is 0. The first kappa shape index (κ1) is 17.3. The smallest absolute Gasteiger partial charge is 0.338 e. The molecule has 0 amide bonds. The molecule has 2 aromatic carbocycles. The predicted molar refractivity (Wildman–Crippen MR) is 93.9 cm³/mol. The van der Waals surface area contributed by atoms with Gasteiger partial charge in [0.25, 0.3) is 0 Å². The number of H-pyrrole nitrogens is 2. The number of hydrogen-bond donors (Lipinski definition) is 2. The molecule has 0 saturated carbocycles. The number of esters is 1. The number of aromatic nitrogens is 2. The molecule has 8 heteroatoms. The van der Waals surface area contributed by atoms with Crippen molar-refractivity contribution in [2.45, 2.75) is 6.61 Å². The van der Waals surface area contributed by atoms with Gasteiger partial charge in [-0.3, -0.25) is 9.59 Å². The first-order valence-electron chi connectivity index (χ1n) is 7.66. The highest BCUT2D eigenvalue weighted by Crippen LogP contribution is 2.25. The monoisotopic (exact) mass is 356 g/mol. The fourth-order valence-corrected chi connectivity index (χ4v) is 2.46. The molecule has 0 unspecified atom stereocenters. The maximum atomic E-state index is 12.3. The van der Waals surface area contributed by atoms with E-state index in [4.69, 9.17) is 14.2 Å². The largest absolute Gasteiger partial charge is 0.497 e. The highest BCUT2D eigenvalue weighted by Gasteiger charge is 2.12. The number of carbonyl (C=O) groups is 1. The van der Waals surface area contributed by atoms with Crippen LogP contribution in [0.5, 0.6) is 11.5 Å². The predicted octanol–water partition coefficient (Wildman–Crippen LogP) is 1.59. The van der Waals surface area contributed by atoms with E-state index in [1.165, 1.54) is 32.4 Å². The lowest BCUT2D eigenvalue weighted by atomic mass is 10.2. The van der Waals surface area contributed by atoms with Gasteiger partial charge in [0.15, 0.2) is 0 Å². The Labute approximate surface area is 147 Å². The van der Waals surface area contributed by atoms with E-state index in [1.807, 2.05) is 0 Å². The zero-order valence-corrected chi connectivity index (χ0v) is 14.1. The fraction of sp³-hybridized carbons (Fsp3) is 0.167. The summed E-state index contributed by atoms with van der Waals surface area (Å²) in [5.41, 5.74) is 0.103. The van der Waals surface area contributed by atoms with Crippen LogP contribution in [-0.2, 0) is 11.3 Å². The van der Waals surface area contributed by atoms with E-state index < -0.39 is 17.1 Å². The van der Waals surface area contributed by atoms with Crippen molar-refractivity contribution < 1.29 is 19.0 Å². The van der Waals surface area contributed by atoms with Crippen LogP contribution >= 0.6 is 0 Å². The highest BCUT2D eigenvalue weighted by molar-refractivity contribution is 5.93. The minimum absolute atomic E-state index is 0.0145. The molecule has 0 saturated heterocycles.